The third-order valence-corrected chi connectivity index (χ3v) is 5.93. The Morgan fingerprint density at radius 2 is 1.66 bits per heavy atom. The first-order chi connectivity index (χ1) is 15.5. The molecule has 0 fully saturated rings. The molecule has 164 valence electrons. The van der Waals surface area contributed by atoms with Crippen LogP contribution in [-0.4, -0.2) is 30.9 Å². The van der Waals surface area contributed by atoms with Crippen LogP contribution in [0.3, 0.4) is 0 Å². The van der Waals surface area contributed by atoms with Crippen LogP contribution in [0.25, 0.3) is 16.6 Å². The van der Waals surface area contributed by atoms with Crippen LogP contribution in [-0.2, 0) is 5.75 Å². The Morgan fingerprint density at radius 3 is 2.31 bits per heavy atom. The predicted octanol–water partition coefficient (Wildman–Crippen LogP) is 4.84. The van der Waals surface area contributed by atoms with Gasteiger partial charge >= 0.3 is 0 Å². The maximum absolute atomic E-state index is 14.1. The number of hydrogen-bond donors (Lipinski definition) is 0. The van der Waals surface area contributed by atoms with Crippen molar-refractivity contribution in [3.05, 3.63) is 82.4 Å². The summed E-state index contributed by atoms with van der Waals surface area (Å²) in [7, 11) is 4.52. The molecule has 1 heterocycles. The largest absolute Gasteiger partial charge is 0.497 e. The number of aromatic nitrogens is 2. The van der Waals surface area contributed by atoms with Gasteiger partial charge in [0.2, 0.25) is 0 Å². The molecular formula is C24H21FN2O4S. The minimum atomic E-state index is -0.438. The van der Waals surface area contributed by atoms with Crippen molar-refractivity contribution in [3.63, 3.8) is 0 Å². The first-order valence-corrected chi connectivity index (χ1v) is 10.7. The van der Waals surface area contributed by atoms with Crippen molar-refractivity contribution in [1.29, 1.82) is 0 Å². The summed E-state index contributed by atoms with van der Waals surface area (Å²) in [6.45, 7) is 0. The van der Waals surface area contributed by atoms with Gasteiger partial charge in [0.05, 0.1) is 37.9 Å². The van der Waals surface area contributed by atoms with E-state index in [1.165, 1.54) is 29.5 Å². The summed E-state index contributed by atoms with van der Waals surface area (Å²) < 4.78 is 31.4. The SMILES string of the molecule is COc1cc(OC)cc(-n2c(SCc3ccc(OC)c(F)c3)nc3ccccc3c2=O)c1. The number of thioether (sulfide) groups is 1. The Bertz CT molecular complexity index is 1320. The van der Waals surface area contributed by atoms with Crippen LogP contribution in [0.5, 0.6) is 17.2 Å². The van der Waals surface area contributed by atoms with Gasteiger partial charge in [-0.2, -0.15) is 0 Å². The van der Waals surface area contributed by atoms with E-state index in [2.05, 4.69) is 0 Å². The topological polar surface area (TPSA) is 62.6 Å². The highest BCUT2D eigenvalue weighted by Gasteiger charge is 2.16. The minimum absolute atomic E-state index is 0.183. The zero-order chi connectivity index (χ0) is 22.7. The number of hydrogen-bond acceptors (Lipinski definition) is 6. The number of halogens is 1. The molecule has 0 saturated heterocycles. The van der Waals surface area contributed by atoms with Gasteiger partial charge in [0.1, 0.15) is 11.5 Å². The lowest BCUT2D eigenvalue weighted by Gasteiger charge is -2.15. The molecule has 0 N–H and O–H groups in total. The zero-order valence-electron chi connectivity index (χ0n) is 17.8. The second kappa shape index (κ2) is 9.32. The van der Waals surface area contributed by atoms with E-state index in [-0.39, 0.29) is 11.3 Å². The smallest absolute Gasteiger partial charge is 0.266 e. The second-order valence-electron chi connectivity index (χ2n) is 6.88. The number of benzene rings is 3. The molecule has 1 aromatic heterocycles. The number of methoxy groups -OCH3 is 3. The molecule has 0 atom stereocenters. The fourth-order valence-corrected chi connectivity index (χ4v) is 4.26. The van der Waals surface area contributed by atoms with Gasteiger partial charge in [-0.25, -0.2) is 9.37 Å². The van der Waals surface area contributed by atoms with Crippen molar-refractivity contribution in [2.45, 2.75) is 10.9 Å². The van der Waals surface area contributed by atoms with E-state index in [1.54, 1.807) is 62.8 Å². The molecular weight excluding hydrogens is 431 g/mol. The fraction of sp³-hybridized carbons (Fsp3) is 0.167. The van der Waals surface area contributed by atoms with Gasteiger partial charge in [0.15, 0.2) is 16.7 Å². The van der Waals surface area contributed by atoms with Gasteiger partial charge in [-0.05, 0) is 29.8 Å². The van der Waals surface area contributed by atoms with Gasteiger partial charge in [0.25, 0.3) is 5.56 Å². The molecule has 3 aromatic carbocycles. The van der Waals surface area contributed by atoms with E-state index in [0.717, 1.165) is 5.56 Å². The van der Waals surface area contributed by atoms with Crippen LogP contribution < -0.4 is 19.8 Å². The maximum atomic E-state index is 14.1. The third-order valence-electron chi connectivity index (χ3n) is 4.92. The quantitative estimate of drug-likeness (QED) is 0.295. The zero-order valence-corrected chi connectivity index (χ0v) is 18.6. The lowest BCUT2D eigenvalue weighted by atomic mass is 10.2. The normalized spacial score (nSPS) is 10.9. The van der Waals surface area contributed by atoms with Gasteiger partial charge in [-0.1, -0.05) is 30.0 Å². The summed E-state index contributed by atoms with van der Waals surface area (Å²) in [4.78, 5) is 18.2. The van der Waals surface area contributed by atoms with E-state index in [9.17, 15) is 9.18 Å². The Kier molecular flexibility index (Phi) is 6.32. The molecule has 6 nitrogen and oxygen atoms in total. The van der Waals surface area contributed by atoms with E-state index >= 15 is 0 Å². The number of para-hydroxylation sites is 1. The number of rotatable bonds is 7. The highest BCUT2D eigenvalue weighted by molar-refractivity contribution is 7.98. The van der Waals surface area contributed by atoms with Crippen LogP contribution in [0.4, 0.5) is 4.39 Å². The van der Waals surface area contributed by atoms with E-state index in [1.807, 2.05) is 6.07 Å². The summed E-state index contributed by atoms with van der Waals surface area (Å²) in [5, 5.41) is 0.967. The molecule has 4 aromatic rings. The van der Waals surface area contributed by atoms with Crippen molar-refractivity contribution < 1.29 is 18.6 Å². The minimum Gasteiger partial charge on any atom is -0.497 e. The Labute approximate surface area is 188 Å². The average Bonchev–Trinajstić information content (AvgIpc) is 2.82. The number of fused-ring (bicyclic) bond motifs is 1. The monoisotopic (exact) mass is 452 g/mol. The molecule has 0 aliphatic heterocycles. The van der Waals surface area contributed by atoms with Gasteiger partial charge in [0, 0.05) is 24.0 Å². The van der Waals surface area contributed by atoms with Gasteiger partial charge in [-0.3, -0.25) is 9.36 Å². The third kappa shape index (κ3) is 4.27. The molecule has 0 saturated carbocycles. The molecule has 0 aliphatic rings. The lowest BCUT2D eigenvalue weighted by Crippen LogP contribution is -2.22. The molecule has 4 rings (SSSR count). The average molecular weight is 453 g/mol. The standard InChI is InChI=1S/C24H21FN2O4S/c1-29-17-11-16(12-18(13-17)30-2)27-23(28)19-6-4-5-7-21(19)26-24(27)32-14-15-8-9-22(31-3)20(25)10-15/h4-13H,14H2,1-3H3. The van der Waals surface area contributed by atoms with Crippen LogP contribution in [0.2, 0.25) is 0 Å². The van der Waals surface area contributed by atoms with E-state index in [4.69, 9.17) is 19.2 Å². The molecule has 0 aliphatic carbocycles. The summed E-state index contributed by atoms with van der Waals surface area (Å²) in [5.41, 5.74) is 1.68. The molecule has 0 bridgehead atoms. The first kappa shape index (κ1) is 21.7. The molecule has 0 amide bonds. The molecule has 0 radical (unpaired) electrons. The van der Waals surface area contributed by atoms with Crippen molar-refractivity contribution in [1.82, 2.24) is 9.55 Å². The Hall–Kier alpha value is -3.52. The summed E-state index contributed by atoms with van der Waals surface area (Å²) in [5.74, 6) is 1.25. The van der Waals surface area contributed by atoms with E-state index < -0.39 is 5.82 Å². The van der Waals surface area contributed by atoms with Gasteiger partial charge in [-0.15, -0.1) is 0 Å². The molecule has 0 spiro atoms. The number of nitrogens with zero attached hydrogens (tertiary/aromatic N) is 2. The van der Waals surface area contributed by atoms with Crippen molar-refractivity contribution >= 4 is 22.7 Å². The van der Waals surface area contributed by atoms with E-state index in [0.29, 0.717) is 39.0 Å². The van der Waals surface area contributed by atoms with Crippen LogP contribution in [0, 0.1) is 5.82 Å². The van der Waals surface area contributed by atoms with Crippen molar-refractivity contribution in [3.8, 4) is 22.9 Å². The lowest BCUT2D eigenvalue weighted by molar-refractivity contribution is 0.386. The van der Waals surface area contributed by atoms with Crippen molar-refractivity contribution in [2.24, 2.45) is 0 Å². The Morgan fingerprint density at radius 1 is 0.938 bits per heavy atom. The first-order valence-electron chi connectivity index (χ1n) is 9.74. The highest BCUT2D eigenvalue weighted by atomic mass is 32.2. The summed E-state index contributed by atoms with van der Waals surface area (Å²) >= 11 is 1.34. The molecule has 0 unspecified atom stereocenters. The molecule has 8 heteroatoms. The van der Waals surface area contributed by atoms with Crippen LogP contribution in [0.1, 0.15) is 5.56 Å². The van der Waals surface area contributed by atoms with Crippen LogP contribution in [0.15, 0.2) is 70.6 Å². The van der Waals surface area contributed by atoms with Gasteiger partial charge < -0.3 is 14.2 Å². The Balaban J connectivity index is 1.83. The number of ether oxygens (including phenoxy) is 3. The van der Waals surface area contributed by atoms with Crippen molar-refractivity contribution in [2.75, 3.05) is 21.3 Å². The summed E-state index contributed by atoms with van der Waals surface area (Å²) in [6.07, 6.45) is 0. The van der Waals surface area contributed by atoms with Crippen LogP contribution >= 0.6 is 11.8 Å². The fourth-order valence-electron chi connectivity index (χ4n) is 3.31. The maximum Gasteiger partial charge on any atom is 0.266 e. The predicted molar refractivity (Wildman–Crippen MR) is 123 cm³/mol. The molecule has 32 heavy (non-hydrogen) atoms. The summed E-state index contributed by atoms with van der Waals surface area (Å²) in [6, 6.07) is 17.2. The second-order valence-corrected chi connectivity index (χ2v) is 7.82. The highest BCUT2D eigenvalue weighted by Crippen LogP contribution is 2.30.